The number of hydrogen-bond donors (Lipinski definition) is 2. The van der Waals surface area contributed by atoms with Gasteiger partial charge in [-0.2, -0.15) is 0 Å². The fraction of sp³-hybridized carbons (Fsp3) is 0.818. The van der Waals surface area contributed by atoms with Gasteiger partial charge in [0.2, 0.25) is 11.8 Å². The molecule has 1 heterocycles. The number of likely N-dealkylation sites (N-methyl/N-ethyl adjacent to an activating group) is 1. The summed E-state index contributed by atoms with van der Waals surface area (Å²) in [4.78, 5) is 24.8. The summed E-state index contributed by atoms with van der Waals surface area (Å²) < 4.78 is 0. The van der Waals surface area contributed by atoms with Gasteiger partial charge in [0.05, 0.1) is 12.5 Å². The number of carbonyl (C=O) groups excluding carboxylic acids is 2. The van der Waals surface area contributed by atoms with Crippen LogP contribution in [0.5, 0.6) is 0 Å². The SMILES string of the molecule is CCN(C)C(=O)CNC(=O)C1CNCC1C. The van der Waals surface area contributed by atoms with Crippen molar-refractivity contribution in [3.05, 3.63) is 0 Å². The molecule has 1 saturated heterocycles. The molecule has 1 aliphatic rings. The zero-order valence-electron chi connectivity index (χ0n) is 10.2. The first kappa shape index (κ1) is 13.0. The van der Waals surface area contributed by atoms with Gasteiger partial charge >= 0.3 is 0 Å². The van der Waals surface area contributed by atoms with Crippen molar-refractivity contribution >= 4 is 11.8 Å². The highest BCUT2D eigenvalue weighted by molar-refractivity contribution is 5.86. The molecule has 0 aromatic carbocycles. The van der Waals surface area contributed by atoms with Crippen molar-refractivity contribution < 1.29 is 9.59 Å². The smallest absolute Gasteiger partial charge is 0.241 e. The van der Waals surface area contributed by atoms with Gasteiger partial charge in [-0.05, 0) is 19.4 Å². The van der Waals surface area contributed by atoms with Crippen LogP contribution in [0.3, 0.4) is 0 Å². The Balaban J connectivity index is 2.32. The van der Waals surface area contributed by atoms with Gasteiger partial charge in [0.1, 0.15) is 0 Å². The molecule has 0 saturated carbocycles. The van der Waals surface area contributed by atoms with Crippen LogP contribution in [-0.4, -0.2) is 49.9 Å². The first-order valence-electron chi connectivity index (χ1n) is 5.78. The lowest BCUT2D eigenvalue weighted by Crippen LogP contribution is -2.41. The molecule has 1 rings (SSSR count). The predicted molar refractivity (Wildman–Crippen MR) is 61.8 cm³/mol. The highest BCUT2D eigenvalue weighted by Crippen LogP contribution is 2.15. The summed E-state index contributed by atoms with van der Waals surface area (Å²) in [5.74, 6) is 0.281. The molecule has 2 unspecified atom stereocenters. The molecule has 2 atom stereocenters. The van der Waals surface area contributed by atoms with Crippen molar-refractivity contribution in [1.29, 1.82) is 0 Å². The maximum atomic E-state index is 11.7. The minimum absolute atomic E-state index is 0.000248. The summed E-state index contributed by atoms with van der Waals surface area (Å²) in [6, 6.07) is 0. The van der Waals surface area contributed by atoms with Crippen molar-refractivity contribution in [3.8, 4) is 0 Å². The first-order chi connectivity index (χ1) is 7.56. The standard InChI is InChI=1S/C11H21N3O2/c1-4-14(3)10(15)7-13-11(16)9-6-12-5-8(9)2/h8-9,12H,4-7H2,1-3H3,(H,13,16). The average Bonchev–Trinajstić information content (AvgIpc) is 2.70. The van der Waals surface area contributed by atoms with E-state index < -0.39 is 0 Å². The topological polar surface area (TPSA) is 61.4 Å². The van der Waals surface area contributed by atoms with E-state index in [1.165, 1.54) is 0 Å². The van der Waals surface area contributed by atoms with Crippen molar-refractivity contribution in [2.75, 3.05) is 33.2 Å². The number of nitrogens with zero attached hydrogens (tertiary/aromatic N) is 1. The van der Waals surface area contributed by atoms with Gasteiger partial charge in [-0.3, -0.25) is 9.59 Å². The molecule has 0 radical (unpaired) electrons. The van der Waals surface area contributed by atoms with Crippen LogP contribution in [0.2, 0.25) is 0 Å². The van der Waals surface area contributed by atoms with E-state index in [1.54, 1.807) is 11.9 Å². The Labute approximate surface area is 96.6 Å². The monoisotopic (exact) mass is 227 g/mol. The highest BCUT2D eigenvalue weighted by atomic mass is 16.2. The van der Waals surface area contributed by atoms with Crippen LogP contribution in [0.1, 0.15) is 13.8 Å². The Morgan fingerprint density at radius 3 is 2.62 bits per heavy atom. The van der Waals surface area contributed by atoms with Crippen molar-refractivity contribution in [3.63, 3.8) is 0 Å². The van der Waals surface area contributed by atoms with E-state index in [9.17, 15) is 9.59 Å². The molecule has 0 bridgehead atoms. The fourth-order valence-corrected chi connectivity index (χ4v) is 1.77. The molecule has 1 fully saturated rings. The van der Waals surface area contributed by atoms with E-state index in [2.05, 4.69) is 10.6 Å². The molecular formula is C11H21N3O2. The summed E-state index contributed by atoms with van der Waals surface area (Å²) >= 11 is 0. The minimum atomic E-state index is -0.0468. The molecular weight excluding hydrogens is 206 g/mol. The van der Waals surface area contributed by atoms with Crippen molar-refractivity contribution in [2.45, 2.75) is 13.8 Å². The predicted octanol–water partition coefficient (Wildman–Crippen LogP) is -0.564. The van der Waals surface area contributed by atoms with Crippen LogP contribution < -0.4 is 10.6 Å². The quantitative estimate of drug-likeness (QED) is 0.676. The Morgan fingerprint density at radius 2 is 2.12 bits per heavy atom. The van der Waals surface area contributed by atoms with Crippen LogP contribution in [0, 0.1) is 11.8 Å². The molecule has 0 aromatic rings. The number of carbonyl (C=O) groups is 2. The molecule has 5 heteroatoms. The van der Waals surface area contributed by atoms with Gasteiger partial charge in [0.15, 0.2) is 0 Å². The molecule has 2 amide bonds. The zero-order valence-corrected chi connectivity index (χ0v) is 10.2. The van der Waals surface area contributed by atoms with Crippen molar-refractivity contribution in [1.82, 2.24) is 15.5 Å². The van der Waals surface area contributed by atoms with E-state index in [1.807, 2.05) is 13.8 Å². The number of hydrogen-bond acceptors (Lipinski definition) is 3. The molecule has 5 nitrogen and oxygen atoms in total. The lowest BCUT2D eigenvalue weighted by molar-refractivity contribution is -0.133. The van der Waals surface area contributed by atoms with Gasteiger partial charge < -0.3 is 15.5 Å². The summed E-state index contributed by atoms with van der Waals surface area (Å²) in [7, 11) is 1.73. The Bertz CT molecular complexity index is 268. The summed E-state index contributed by atoms with van der Waals surface area (Å²) in [6.07, 6.45) is 0. The van der Waals surface area contributed by atoms with Gasteiger partial charge in [-0.25, -0.2) is 0 Å². The third-order valence-corrected chi connectivity index (χ3v) is 3.17. The van der Waals surface area contributed by atoms with E-state index in [0.717, 1.165) is 6.54 Å². The molecule has 0 aliphatic carbocycles. The van der Waals surface area contributed by atoms with E-state index in [0.29, 0.717) is 19.0 Å². The first-order valence-corrected chi connectivity index (χ1v) is 5.78. The van der Waals surface area contributed by atoms with Crippen LogP contribution >= 0.6 is 0 Å². The maximum absolute atomic E-state index is 11.7. The summed E-state index contributed by atoms with van der Waals surface area (Å²) in [5.41, 5.74) is 0. The summed E-state index contributed by atoms with van der Waals surface area (Å²) in [6.45, 7) is 6.31. The molecule has 1 aliphatic heterocycles. The second kappa shape index (κ2) is 5.84. The second-order valence-corrected chi connectivity index (χ2v) is 4.37. The lowest BCUT2D eigenvalue weighted by Gasteiger charge is -2.17. The van der Waals surface area contributed by atoms with Crippen LogP contribution in [0.25, 0.3) is 0 Å². The van der Waals surface area contributed by atoms with E-state index >= 15 is 0 Å². The molecule has 0 spiro atoms. The largest absolute Gasteiger partial charge is 0.347 e. The Morgan fingerprint density at radius 1 is 1.44 bits per heavy atom. The second-order valence-electron chi connectivity index (χ2n) is 4.37. The molecule has 0 aromatic heterocycles. The Kier molecular flexibility index (Phi) is 4.73. The molecule has 16 heavy (non-hydrogen) atoms. The lowest BCUT2D eigenvalue weighted by atomic mass is 9.97. The average molecular weight is 227 g/mol. The highest BCUT2D eigenvalue weighted by Gasteiger charge is 2.29. The van der Waals surface area contributed by atoms with Gasteiger partial charge in [0.25, 0.3) is 0 Å². The summed E-state index contributed by atoms with van der Waals surface area (Å²) in [5, 5.41) is 5.87. The van der Waals surface area contributed by atoms with E-state index in [-0.39, 0.29) is 24.3 Å². The van der Waals surface area contributed by atoms with Crippen LogP contribution in [0.15, 0.2) is 0 Å². The van der Waals surface area contributed by atoms with Crippen molar-refractivity contribution in [2.24, 2.45) is 11.8 Å². The number of rotatable bonds is 4. The number of nitrogens with one attached hydrogen (secondary N) is 2. The number of amides is 2. The normalized spacial score (nSPS) is 24.2. The van der Waals surface area contributed by atoms with Crippen LogP contribution in [-0.2, 0) is 9.59 Å². The maximum Gasteiger partial charge on any atom is 0.241 e. The zero-order chi connectivity index (χ0) is 12.1. The molecule has 2 N–H and O–H groups in total. The fourth-order valence-electron chi connectivity index (χ4n) is 1.77. The Hall–Kier alpha value is -1.10. The minimum Gasteiger partial charge on any atom is -0.347 e. The van der Waals surface area contributed by atoms with E-state index in [4.69, 9.17) is 0 Å². The van der Waals surface area contributed by atoms with Gasteiger partial charge in [-0.15, -0.1) is 0 Å². The van der Waals surface area contributed by atoms with Gasteiger partial charge in [0, 0.05) is 20.1 Å². The third-order valence-electron chi connectivity index (χ3n) is 3.17. The van der Waals surface area contributed by atoms with Gasteiger partial charge in [-0.1, -0.05) is 6.92 Å². The third kappa shape index (κ3) is 3.20. The van der Waals surface area contributed by atoms with Crippen LogP contribution in [0.4, 0.5) is 0 Å². The molecule has 92 valence electrons.